The fourth-order valence-electron chi connectivity index (χ4n) is 2.42. The van der Waals surface area contributed by atoms with Crippen LogP contribution < -0.4 is 5.73 Å². The van der Waals surface area contributed by atoms with Crippen molar-refractivity contribution in [3.8, 4) is 0 Å². The molecule has 0 aliphatic heterocycles. The number of nitrogens with two attached hydrogens (primary N) is 1. The van der Waals surface area contributed by atoms with Crippen LogP contribution in [0.15, 0.2) is 54.1 Å². The molecule has 0 amide bonds. The first kappa shape index (κ1) is 12.5. The summed E-state index contributed by atoms with van der Waals surface area (Å²) < 4.78 is 0. The van der Waals surface area contributed by atoms with Gasteiger partial charge in [-0.05, 0) is 17.2 Å². The maximum absolute atomic E-state index is 12.3. The van der Waals surface area contributed by atoms with E-state index in [1.165, 1.54) is 0 Å². The fourth-order valence-corrected chi connectivity index (χ4v) is 2.42. The van der Waals surface area contributed by atoms with Crippen molar-refractivity contribution < 1.29 is 9.59 Å². The quantitative estimate of drug-likeness (QED) is 0.669. The molecule has 2 aromatic rings. The number of Topliss-reactive ketones (excluding diaryl/α,β-unsaturated/α-hetero) is 2. The molecular formula is C17H13NO2. The monoisotopic (exact) mass is 263 g/mol. The number of fused-ring (bicyclic) bond motifs is 1. The van der Waals surface area contributed by atoms with E-state index >= 15 is 0 Å². The van der Waals surface area contributed by atoms with Gasteiger partial charge in [0, 0.05) is 17.7 Å². The molecule has 3 rings (SSSR count). The Hall–Kier alpha value is -2.52. The molecule has 0 saturated carbocycles. The van der Waals surface area contributed by atoms with E-state index in [0.717, 1.165) is 11.1 Å². The zero-order valence-corrected chi connectivity index (χ0v) is 10.8. The summed E-state index contributed by atoms with van der Waals surface area (Å²) >= 11 is 0. The van der Waals surface area contributed by atoms with Crippen LogP contribution in [-0.2, 0) is 6.54 Å². The summed E-state index contributed by atoms with van der Waals surface area (Å²) in [5.41, 5.74) is 8.59. The highest BCUT2D eigenvalue weighted by Gasteiger charge is 2.32. The van der Waals surface area contributed by atoms with Crippen molar-refractivity contribution in [2.24, 2.45) is 5.73 Å². The number of hydrogen-bond acceptors (Lipinski definition) is 3. The van der Waals surface area contributed by atoms with Crippen LogP contribution in [0.2, 0.25) is 0 Å². The van der Waals surface area contributed by atoms with Gasteiger partial charge in [-0.25, -0.2) is 0 Å². The number of hydrogen-bond donors (Lipinski definition) is 1. The van der Waals surface area contributed by atoms with E-state index in [-0.39, 0.29) is 17.1 Å². The minimum Gasteiger partial charge on any atom is -0.326 e. The number of allylic oxidation sites excluding steroid dienone is 1. The summed E-state index contributed by atoms with van der Waals surface area (Å²) in [6, 6.07) is 14.4. The Balaban J connectivity index is 2.11. The van der Waals surface area contributed by atoms with E-state index in [0.29, 0.717) is 17.7 Å². The average molecular weight is 263 g/mol. The van der Waals surface area contributed by atoms with Crippen molar-refractivity contribution in [2.45, 2.75) is 6.54 Å². The summed E-state index contributed by atoms with van der Waals surface area (Å²) in [7, 11) is 0. The molecule has 2 N–H and O–H groups in total. The molecule has 1 aliphatic carbocycles. The van der Waals surface area contributed by atoms with Gasteiger partial charge in [0.15, 0.2) is 11.6 Å². The fraction of sp³-hybridized carbons (Fsp3) is 0.0588. The molecule has 3 nitrogen and oxygen atoms in total. The normalized spacial score (nSPS) is 13.6. The second-order valence-electron chi connectivity index (χ2n) is 4.66. The Labute approximate surface area is 116 Å². The summed E-state index contributed by atoms with van der Waals surface area (Å²) in [5.74, 6) is -0.421. The van der Waals surface area contributed by atoms with Crippen LogP contribution in [0.1, 0.15) is 31.8 Å². The molecule has 0 atom stereocenters. The second-order valence-corrected chi connectivity index (χ2v) is 4.66. The highest BCUT2D eigenvalue weighted by atomic mass is 16.2. The second kappa shape index (κ2) is 4.87. The molecule has 0 aromatic heterocycles. The third kappa shape index (κ3) is 1.89. The van der Waals surface area contributed by atoms with Crippen molar-refractivity contribution in [1.29, 1.82) is 0 Å². The molecule has 0 radical (unpaired) electrons. The highest BCUT2D eigenvalue weighted by molar-refractivity contribution is 6.41. The molecule has 98 valence electrons. The first-order valence-corrected chi connectivity index (χ1v) is 6.40. The summed E-state index contributed by atoms with van der Waals surface area (Å²) in [6.07, 6.45) is 1.65. The predicted molar refractivity (Wildman–Crippen MR) is 77.4 cm³/mol. The SMILES string of the molecule is NCc1ccccc1C=C1C(=O)c2ccccc2C1=O. The molecule has 0 heterocycles. The van der Waals surface area contributed by atoms with Crippen LogP contribution in [0.5, 0.6) is 0 Å². The zero-order valence-electron chi connectivity index (χ0n) is 10.8. The largest absolute Gasteiger partial charge is 0.326 e. The van der Waals surface area contributed by atoms with Gasteiger partial charge < -0.3 is 5.73 Å². The number of ketones is 2. The van der Waals surface area contributed by atoms with Gasteiger partial charge in [0.1, 0.15) is 0 Å². The summed E-state index contributed by atoms with van der Waals surface area (Å²) in [6.45, 7) is 0.370. The molecule has 1 aliphatic rings. The van der Waals surface area contributed by atoms with Crippen LogP contribution in [-0.4, -0.2) is 11.6 Å². The molecule has 20 heavy (non-hydrogen) atoms. The molecular weight excluding hydrogens is 250 g/mol. The van der Waals surface area contributed by atoms with Crippen LogP contribution in [0.3, 0.4) is 0 Å². The number of carbonyl (C=O) groups excluding carboxylic acids is 2. The third-order valence-corrected chi connectivity index (χ3v) is 3.48. The van der Waals surface area contributed by atoms with Gasteiger partial charge in [0.25, 0.3) is 0 Å². The van der Waals surface area contributed by atoms with E-state index < -0.39 is 0 Å². The van der Waals surface area contributed by atoms with Gasteiger partial charge in [0.2, 0.25) is 0 Å². The lowest BCUT2D eigenvalue weighted by Gasteiger charge is -2.03. The number of benzene rings is 2. The molecule has 3 heteroatoms. The Bertz CT molecular complexity index is 707. The minimum absolute atomic E-state index is 0.211. The van der Waals surface area contributed by atoms with Crippen LogP contribution in [0.25, 0.3) is 6.08 Å². The molecule has 0 spiro atoms. The first-order valence-electron chi connectivity index (χ1n) is 6.40. The van der Waals surface area contributed by atoms with E-state index in [2.05, 4.69) is 0 Å². The zero-order chi connectivity index (χ0) is 14.1. The van der Waals surface area contributed by atoms with Crippen LogP contribution in [0.4, 0.5) is 0 Å². The van der Waals surface area contributed by atoms with Crippen molar-refractivity contribution in [2.75, 3.05) is 0 Å². The summed E-state index contributed by atoms with van der Waals surface area (Å²) in [5, 5.41) is 0. The van der Waals surface area contributed by atoms with Gasteiger partial charge in [-0.15, -0.1) is 0 Å². The standard InChI is InChI=1S/C17H13NO2/c18-10-12-6-2-1-5-11(12)9-15-16(19)13-7-3-4-8-14(13)17(15)20/h1-9H,10,18H2. The van der Waals surface area contributed by atoms with Gasteiger partial charge >= 0.3 is 0 Å². The Morgan fingerprint density at radius 1 is 0.850 bits per heavy atom. The maximum atomic E-state index is 12.3. The van der Waals surface area contributed by atoms with Crippen molar-refractivity contribution >= 4 is 17.6 Å². The van der Waals surface area contributed by atoms with Gasteiger partial charge in [-0.2, -0.15) is 0 Å². The van der Waals surface area contributed by atoms with Crippen molar-refractivity contribution in [3.05, 3.63) is 76.4 Å². The van der Waals surface area contributed by atoms with Crippen molar-refractivity contribution in [1.82, 2.24) is 0 Å². The molecule has 0 fully saturated rings. The Kier molecular flexibility index (Phi) is 3.05. The lowest BCUT2D eigenvalue weighted by Crippen LogP contribution is -2.03. The van der Waals surface area contributed by atoms with E-state index in [4.69, 9.17) is 5.73 Å². The van der Waals surface area contributed by atoms with Crippen LogP contribution >= 0.6 is 0 Å². The third-order valence-electron chi connectivity index (χ3n) is 3.48. The first-order chi connectivity index (χ1) is 9.72. The van der Waals surface area contributed by atoms with Gasteiger partial charge in [-0.1, -0.05) is 48.5 Å². The predicted octanol–water partition coefficient (Wildman–Crippen LogP) is 2.61. The average Bonchev–Trinajstić information content (AvgIpc) is 2.73. The Morgan fingerprint density at radius 2 is 1.40 bits per heavy atom. The maximum Gasteiger partial charge on any atom is 0.197 e. The molecule has 0 saturated heterocycles. The molecule has 0 bridgehead atoms. The highest BCUT2D eigenvalue weighted by Crippen LogP contribution is 2.28. The Morgan fingerprint density at radius 3 is 2.00 bits per heavy atom. The summed E-state index contributed by atoms with van der Waals surface area (Å²) in [4.78, 5) is 24.6. The van der Waals surface area contributed by atoms with Gasteiger partial charge in [-0.3, -0.25) is 9.59 Å². The lowest BCUT2D eigenvalue weighted by molar-refractivity contribution is 0.0990. The molecule has 0 unspecified atom stereocenters. The van der Waals surface area contributed by atoms with E-state index in [1.807, 2.05) is 24.3 Å². The number of rotatable bonds is 2. The smallest absolute Gasteiger partial charge is 0.197 e. The van der Waals surface area contributed by atoms with Crippen molar-refractivity contribution in [3.63, 3.8) is 0 Å². The topological polar surface area (TPSA) is 60.2 Å². The number of carbonyl (C=O) groups is 2. The van der Waals surface area contributed by atoms with E-state index in [9.17, 15) is 9.59 Å². The molecule has 2 aromatic carbocycles. The van der Waals surface area contributed by atoms with Gasteiger partial charge in [0.05, 0.1) is 5.57 Å². The lowest BCUT2D eigenvalue weighted by atomic mass is 10.0. The van der Waals surface area contributed by atoms with E-state index in [1.54, 1.807) is 30.3 Å². The minimum atomic E-state index is -0.211. The van der Waals surface area contributed by atoms with Crippen LogP contribution in [0, 0.1) is 0 Å².